The van der Waals surface area contributed by atoms with Gasteiger partial charge in [-0.05, 0) is 42.0 Å². The van der Waals surface area contributed by atoms with Crippen LogP contribution in [0.3, 0.4) is 0 Å². The van der Waals surface area contributed by atoms with Crippen LogP contribution in [0.5, 0.6) is 0 Å². The molecule has 0 amide bonds. The van der Waals surface area contributed by atoms with Gasteiger partial charge in [-0.15, -0.1) is 0 Å². The predicted octanol–water partition coefficient (Wildman–Crippen LogP) is 2.30. The molecule has 3 heteroatoms. The summed E-state index contributed by atoms with van der Waals surface area (Å²) in [5.74, 6) is -0.187. The highest BCUT2D eigenvalue weighted by atomic mass is 16.4. The first-order valence-corrected chi connectivity index (χ1v) is 6.99. The van der Waals surface area contributed by atoms with Crippen molar-refractivity contribution in [2.45, 2.75) is 38.1 Å². The van der Waals surface area contributed by atoms with Crippen molar-refractivity contribution < 1.29 is 9.90 Å². The molecule has 1 heterocycles. The zero-order valence-electron chi connectivity index (χ0n) is 11.1. The molecule has 100 valence electrons. The summed E-state index contributed by atoms with van der Waals surface area (Å²) in [5, 5.41) is 14.6. The van der Waals surface area contributed by atoms with Crippen LogP contribution in [0.25, 0.3) is 0 Å². The van der Waals surface area contributed by atoms with Gasteiger partial charge in [-0.1, -0.05) is 31.6 Å². The largest absolute Gasteiger partial charge is 0.545 e. The Morgan fingerprint density at radius 1 is 1.47 bits per heavy atom. The van der Waals surface area contributed by atoms with Crippen LogP contribution in [0.4, 0.5) is 5.69 Å². The number of aromatic carboxylic acids is 1. The number of fused-ring (bicyclic) bond motifs is 3. The number of rotatable bonds is 3. The van der Waals surface area contributed by atoms with E-state index in [0.29, 0.717) is 17.9 Å². The molecule has 1 aliphatic carbocycles. The highest BCUT2D eigenvalue weighted by Crippen LogP contribution is 2.45. The van der Waals surface area contributed by atoms with Crippen molar-refractivity contribution >= 4 is 11.7 Å². The second kappa shape index (κ2) is 4.72. The standard InChI is InChI=1S/C16H19NO2/c1-2-4-14-12-6-3-5-11(12)13-9-10(16(18)19)7-8-15(13)17-14/h3,5,7-9,11-12,14,17H,2,4,6H2,1H3,(H,18,19)/p-1/t11-,12+,14+/m0/s1. The molecule has 19 heavy (non-hydrogen) atoms. The molecular weight excluding hydrogens is 238 g/mol. The molecule has 1 aromatic carbocycles. The van der Waals surface area contributed by atoms with Crippen molar-refractivity contribution in [3.05, 3.63) is 41.5 Å². The number of hydrogen-bond donors (Lipinski definition) is 1. The van der Waals surface area contributed by atoms with E-state index in [1.807, 2.05) is 6.07 Å². The maximum absolute atomic E-state index is 11.0. The van der Waals surface area contributed by atoms with Crippen molar-refractivity contribution in [1.29, 1.82) is 0 Å². The Bertz CT molecular complexity index is 536. The minimum Gasteiger partial charge on any atom is -0.545 e. The first-order valence-electron chi connectivity index (χ1n) is 6.99. The van der Waals surface area contributed by atoms with Crippen LogP contribution < -0.4 is 10.4 Å². The Hall–Kier alpha value is -1.77. The first kappa shape index (κ1) is 12.3. The van der Waals surface area contributed by atoms with E-state index in [4.69, 9.17) is 0 Å². The highest BCUT2D eigenvalue weighted by molar-refractivity contribution is 5.87. The smallest absolute Gasteiger partial charge is 0.0715 e. The molecule has 1 aliphatic heterocycles. The third-order valence-electron chi connectivity index (χ3n) is 4.32. The average Bonchev–Trinajstić information content (AvgIpc) is 2.88. The molecule has 0 aromatic heterocycles. The summed E-state index contributed by atoms with van der Waals surface area (Å²) in [4.78, 5) is 11.0. The van der Waals surface area contributed by atoms with Crippen molar-refractivity contribution in [2.75, 3.05) is 5.32 Å². The molecule has 3 atom stereocenters. The normalized spacial score (nSPS) is 27.5. The van der Waals surface area contributed by atoms with Gasteiger partial charge in [0.2, 0.25) is 0 Å². The van der Waals surface area contributed by atoms with Gasteiger partial charge in [0.1, 0.15) is 0 Å². The van der Waals surface area contributed by atoms with Gasteiger partial charge in [0.05, 0.1) is 5.97 Å². The van der Waals surface area contributed by atoms with E-state index in [1.54, 1.807) is 12.1 Å². The van der Waals surface area contributed by atoms with Gasteiger partial charge in [0.25, 0.3) is 0 Å². The molecular formula is C16H18NO2-. The van der Waals surface area contributed by atoms with Crippen molar-refractivity contribution in [1.82, 2.24) is 0 Å². The van der Waals surface area contributed by atoms with Gasteiger partial charge in [0.15, 0.2) is 0 Å². The summed E-state index contributed by atoms with van der Waals surface area (Å²) in [6, 6.07) is 5.77. The molecule has 0 saturated carbocycles. The van der Waals surface area contributed by atoms with Gasteiger partial charge in [-0.2, -0.15) is 0 Å². The second-order valence-corrected chi connectivity index (χ2v) is 5.48. The third kappa shape index (κ3) is 2.03. The number of nitrogens with one attached hydrogen (secondary N) is 1. The zero-order chi connectivity index (χ0) is 13.4. The van der Waals surface area contributed by atoms with Crippen LogP contribution in [-0.2, 0) is 0 Å². The number of anilines is 1. The van der Waals surface area contributed by atoms with E-state index in [9.17, 15) is 9.90 Å². The average molecular weight is 256 g/mol. The fourth-order valence-corrected chi connectivity index (χ4v) is 3.42. The Balaban J connectivity index is 2.00. The van der Waals surface area contributed by atoms with E-state index in [1.165, 1.54) is 0 Å². The molecule has 3 nitrogen and oxygen atoms in total. The summed E-state index contributed by atoms with van der Waals surface area (Å²) < 4.78 is 0. The van der Waals surface area contributed by atoms with Crippen LogP contribution >= 0.6 is 0 Å². The lowest BCUT2D eigenvalue weighted by Gasteiger charge is -2.37. The second-order valence-electron chi connectivity index (χ2n) is 5.48. The number of carbonyl (C=O) groups is 1. The number of carbonyl (C=O) groups excluding carboxylic acids is 1. The van der Waals surface area contributed by atoms with Crippen molar-refractivity contribution in [2.24, 2.45) is 5.92 Å². The molecule has 0 saturated heterocycles. The van der Waals surface area contributed by atoms with E-state index in [-0.39, 0.29) is 5.56 Å². The van der Waals surface area contributed by atoms with Gasteiger partial charge < -0.3 is 15.2 Å². The van der Waals surface area contributed by atoms with Crippen LogP contribution in [0, 0.1) is 5.92 Å². The summed E-state index contributed by atoms with van der Waals surface area (Å²) in [6.07, 6.45) is 7.85. The topological polar surface area (TPSA) is 52.2 Å². The van der Waals surface area contributed by atoms with Crippen molar-refractivity contribution in [3.8, 4) is 0 Å². The SMILES string of the molecule is CCC[C@H]1Nc2ccc(C(=O)[O-])cc2[C@H]2C=CC[C@H]21. The molecule has 0 spiro atoms. The molecule has 1 aromatic rings. The lowest BCUT2D eigenvalue weighted by Crippen LogP contribution is -2.36. The molecule has 0 radical (unpaired) electrons. The minimum atomic E-state index is -1.10. The number of hydrogen-bond acceptors (Lipinski definition) is 3. The van der Waals surface area contributed by atoms with Gasteiger partial charge in [-0.25, -0.2) is 0 Å². The molecule has 3 rings (SSSR count). The Morgan fingerprint density at radius 2 is 2.32 bits per heavy atom. The number of benzene rings is 1. The molecule has 0 fully saturated rings. The van der Waals surface area contributed by atoms with Crippen LogP contribution in [0.2, 0.25) is 0 Å². The van der Waals surface area contributed by atoms with Crippen LogP contribution in [0.15, 0.2) is 30.4 Å². The fourth-order valence-electron chi connectivity index (χ4n) is 3.42. The Morgan fingerprint density at radius 3 is 3.05 bits per heavy atom. The number of carboxylic acids is 1. The quantitative estimate of drug-likeness (QED) is 0.844. The third-order valence-corrected chi connectivity index (χ3v) is 4.32. The lowest BCUT2D eigenvalue weighted by molar-refractivity contribution is -0.255. The van der Waals surface area contributed by atoms with E-state index in [0.717, 1.165) is 30.5 Å². The Kier molecular flexibility index (Phi) is 3.05. The predicted molar refractivity (Wildman–Crippen MR) is 73.1 cm³/mol. The molecule has 2 aliphatic rings. The van der Waals surface area contributed by atoms with Gasteiger partial charge >= 0.3 is 0 Å². The van der Waals surface area contributed by atoms with E-state index >= 15 is 0 Å². The fraction of sp³-hybridized carbons (Fsp3) is 0.438. The maximum Gasteiger partial charge on any atom is 0.0715 e. The summed E-state index contributed by atoms with van der Waals surface area (Å²) >= 11 is 0. The van der Waals surface area contributed by atoms with E-state index in [2.05, 4.69) is 24.4 Å². The van der Waals surface area contributed by atoms with Crippen LogP contribution in [0.1, 0.15) is 48.0 Å². The lowest BCUT2D eigenvalue weighted by atomic mass is 9.77. The van der Waals surface area contributed by atoms with Crippen molar-refractivity contribution in [3.63, 3.8) is 0 Å². The minimum absolute atomic E-state index is 0.272. The summed E-state index contributed by atoms with van der Waals surface area (Å²) in [5.41, 5.74) is 2.46. The zero-order valence-corrected chi connectivity index (χ0v) is 11.1. The van der Waals surface area contributed by atoms with Gasteiger partial charge in [0, 0.05) is 17.6 Å². The van der Waals surface area contributed by atoms with Gasteiger partial charge in [-0.3, -0.25) is 0 Å². The molecule has 0 unspecified atom stereocenters. The molecule has 1 N–H and O–H groups in total. The summed E-state index contributed by atoms with van der Waals surface area (Å²) in [7, 11) is 0. The van der Waals surface area contributed by atoms with Crippen LogP contribution in [-0.4, -0.2) is 12.0 Å². The highest BCUT2D eigenvalue weighted by Gasteiger charge is 2.36. The number of carboxylic acid groups (broad SMARTS) is 1. The maximum atomic E-state index is 11.0. The van der Waals surface area contributed by atoms with E-state index < -0.39 is 5.97 Å². The number of allylic oxidation sites excluding steroid dienone is 2. The molecule has 0 bridgehead atoms. The monoisotopic (exact) mass is 256 g/mol. The Labute approximate surface area is 113 Å². The summed E-state index contributed by atoms with van der Waals surface area (Å²) in [6.45, 7) is 2.20. The first-order chi connectivity index (χ1) is 9.20.